The second-order valence-electron chi connectivity index (χ2n) is 6.73. The first-order valence-corrected chi connectivity index (χ1v) is 8.34. The van der Waals surface area contributed by atoms with Gasteiger partial charge in [-0.25, -0.2) is 4.39 Å². The Balaban J connectivity index is 1.58. The molecule has 0 aromatic heterocycles. The van der Waals surface area contributed by atoms with Crippen LogP contribution in [-0.2, 0) is 15.0 Å². The minimum absolute atomic E-state index is 0.0486. The summed E-state index contributed by atoms with van der Waals surface area (Å²) in [5.74, 6) is -0.0649. The van der Waals surface area contributed by atoms with E-state index >= 15 is 0 Å². The summed E-state index contributed by atoms with van der Waals surface area (Å²) in [7, 11) is 1.66. The third-order valence-electron chi connectivity index (χ3n) is 5.26. The molecule has 1 aromatic rings. The minimum Gasteiger partial charge on any atom is -0.359 e. The van der Waals surface area contributed by atoms with Crippen LogP contribution in [0.5, 0.6) is 0 Å². The first-order chi connectivity index (χ1) is 11.0. The van der Waals surface area contributed by atoms with Gasteiger partial charge in [-0.3, -0.25) is 9.59 Å². The number of amides is 2. The zero-order valence-corrected chi connectivity index (χ0v) is 13.4. The lowest BCUT2D eigenvalue weighted by Crippen LogP contribution is -2.44. The van der Waals surface area contributed by atoms with Gasteiger partial charge in [-0.1, -0.05) is 12.1 Å². The van der Waals surface area contributed by atoms with Crippen LogP contribution in [0.3, 0.4) is 0 Å². The lowest BCUT2D eigenvalue weighted by molar-refractivity contribution is -0.126. The summed E-state index contributed by atoms with van der Waals surface area (Å²) in [6, 6.07) is 6.39. The standard InChI is InChI=1S/C18H23FN2O2/c1-20-16(22)12-2-8-15(9-3-12)21-17(23)18(10-11-18)13-4-6-14(19)7-5-13/h4-7,12,15H,2-3,8-11H2,1H3,(H,20,22)(H,21,23). The van der Waals surface area contributed by atoms with E-state index in [9.17, 15) is 14.0 Å². The fourth-order valence-corrected chi connectivity index (χ4v) is 3.57. The molecule has 5 heteroatoms. The van der Waals surface area contributed by atoms with Gasteiger partial charge in [-0.2, -0.15) is 0 Å². The molecule has 2 amide bonds. The van der Waals surface area contributed by atoms with Crippen molar-refractivity contribution >= 4 is 11.8 Å². The van der Waals surface area contributed by atoms with Crippen LogP contribution < -0.4 is 10.6 Å². The summed E-state index contributed by atoms with van der Waals surface area (Å²) >= 11 is 0. The van der Waals surface area contributed by atoms with Gasteiger partial charge >= 0.3 is 0 Å². The van der Waals surface area contributed by atoms with E-state index in [-0.39, 0.29) is 29.6 Å². The molecule has 4 nitrogen and oxygen atoms in total. The minimum atomic E-state index is -0.467. The van der Waals surface area contributed by atoms with E-state index in [0.717, 1.165) is 44.1 Å². The lowest BCUT2D eigenvalue weighted by atomic mass is 9.85. The normalized spacial score (nSPS) is 25.5. The Kier molecular flexibility index (Phi) is 4.37. The number of benzene rings is 1. The first-order valence-electron chi connectivity index (χ1n) is 8.34. The van der Waals surface area contributed by atoms with Crippen LogP contribution in [0.4, 0.5) is 4.39 Å². The van der Waals surface area contributed by atoms with Crippen LogP contribution in [0.15, 0.2) is 24.3 Å². The molecule has 0 aliphatic heterocycles. The van der Waals surface area contributed by atoms with E-state index in [1.807, 2.05) is 0 Å². The molecular formula is C18H23FN2O2. The predicted molar refractivity (Wildman–Crippen MR) is 85.3 cm³/mol. The smallest absolute Gasteiger partial charge is 0.230 e. The van der Waals surface area contributed by atoms with Crippen molar-refractivity contribution < 1.29 is 14.0 Å². The summed E-state index contributed by atoms with van der Waals surface area (Å²) < 4.78 is 13.1. The van der Waals surface area contributed by atoms with Crippen molar-refractivity contribution in [1.82, 2.24) is 10.6 Å². The molecule has 2 N–H and O–H groups in total. The van der Waals surface area contributed by atoms with Crippen LogP contribution in [0, 0.1) is 11.7 Å². The molecule has 0 spiro atoms. The van der Waals surface area contributed by atoms with E-state index in [1.165, 1.54) is 12.1 Å². The van der Waals surface area contributed by atoms with Gasteiger partial charge in [0.05, 0.1) is 5.41 Å². The molecule has 0 bridgehead atoms. The number of carbonyl (C=O) groups excluding carboxylic acids is 2. The second-order valence-corrected chi connectivity index (χ2v) is 6.73. The highest BCUT2D eigenvalue weighted by Crippen LogP contribution is 2.48. The topological polar surface area (TPSA) is 58.2 Å². The van der Waals surface area contributed by atoms with Crippen LogP contribution in [0.25, 0.3) is 0 Å². The van der Waals surface area contributed by atoms with E-state index in [1.54, 1.807) is 19.2 Å². The molecule has 2 aliphatic carbocycles. The largest absolute Gasteiger partial charge is 0.359 e. The fraction of sp³-hybridized carbons (Fsp3) is 0.556. The molecule has 124 valence electrons. The quantitative estimate of drug-likeness (QED) is 0.895. The fourth-order valence-electron chi connectivity index (χ4n) is 3.57. The van der Waals surface area contributed by atoms with E-state index < -0.39 is 5.41 Å². The maximum atomic E-state index is 13.1. The van der Waals surface area contributed by atoms with Crippen LogP contribution >= 0.6 is 0 Å². The van der Waals surface area contributed by atoms with Crippen molar-refractivity contribution in [2.24, 2.45) is 5.92 Å². The monoisotopic (exact) mass is 318 g/mol. The molecule has 0 atom stereocenters. The SMILES string of the molecule is CNC(=O)C1CCC(NC(=O)C2(c3ccc(F)cc3)CC2)CC1. The van der Waals surface area contributed by atoms with Gasteiger partial charge in [0.1, 0.15) is 5.82 Å². The zero-order valence-electron chi connectivity index (χ0n) is 13.4. The Labute approximate surface area is 135 Å². The molecule has 1 aromatic carbocycles. The molecule has 0 heterocycles. The maximum Gasteiger partial charge on any atom is 0.230 e. The Morgan fingerprint density at radius 2 is 1.70 bits per heavy atom. The Bertz CT molecular complexity index is 588. The van der Waals surface area contributed by atoms with Gasteiger partial charge in [-0.15, -0.1) is 0 Å². The Hall–Kier alpha value is -1.91. The molecule has 2 aliphatic rings. The summed E-state index contributed by atoms with van der Waals surface area (Å²) in [5.41, 5.74) is 0.432. The number of hydrogen-bond donors (Lipinski definition) is 2. The summed E-state index contributed by atoms with van der Waals surface area (Å²) in [6.45, 7) is 0. The van der Waals surface area contributed by atoms with Crippen molar-refractivity contribution in [2.45, 2.75) is 50.0 Å². The molecule has 2 fully saturated rings. The summed E-state index contributed by atoms with van der Waals surface area (Å²) in [5, 5.41) is 5.84. The summed E-state index contributed by atoms with van der Waals surface area (Å²) in [4.78, 5) is 24.3. The maximum absolute atomic E-state index is 13.1. The van der Waals surface area contributed by atoms with Crippen LogP contribution in [0.2, 0.25) is 0 Å². The van der Waals surface area contributed by atoms with Crippen molar-refractivity contribution in [3.63, 3.8) is 0 Å². The molecule has 23 heavy (non-hydrogen) atoms. The van der Waals surface area contributed by atoms with Crippen LogP contribution in [0.1, 0.15) is 44.1 Å². The molecular weight excluding hydrogens is 295 g/mol. The van der Waals surface area contributed by atoms with Crippen molar-refractivity contribution in [3.05, 3.63) is 35.6 Å². The van der Waals surface area contributed by atoms with Crippen LogP contribution in [-0.4, -0.2) is 24.9 Å². The zero-order chi connectivity index (χ0) is 16.4. The Morgan fingerprint density at radius 3 is 2.22 bits per heavy atom. The van der Waals surface area contributed by atoms with Crippen molar-refractivity contribution in [3.8, 4) is 0 Å². The van der Waals surface area contributed by atoms with Gasteiger partial charge in [0, 0.05) is 19.0 Å². The number of hydrogen-bond acceptors (Lipinski definition) is 2. The lowest BCUT2D eigenvalue weighted by Gasteiger charge is -2.29. The Morgan fingerprint density at radius 1 is 1.09 bits per heavy atom. The summed E-state index contributed by atoms with van der Waals surface area (Å²) in [6.07, 6.45) is 4.94. The van der Waals surface area contributed by atoms with E-state index in [0.29, 0.717) is 0 Å². The average Bonchev–Trinajstić information content (AvgIpc) is 3.37. The molecule has 0 unspecified atom stereocenters. The van der Waals surface area contributed by atoms with Crippen molar-refractivity contribution in [2.75, 3.05) is 7.05 Å². The number of carbonyl (C=O) groups is 2. The third-order valence-corrected chi connectivity index (χ3v) is 5.26. The number of nitrogens with one attached hydrogen (secondary N) is 2. The highest BCUT2D eigenvalue weighted by Gasteiger charge is 2.51. The highest BCUT2D eigenvalue weighted by molar-refractivity contribution is 5.91. The van der Waals surface area contributed by atoms with Crippen molar-refractivity contribution in [1.29, 1.82) is 0 Å². The van der Waals surface area contributed by atoms with E-state index in [2.05, 4.69) is 10.6 Å². The van der Waals surface area contributed by atoms with E-state index in [4.69, 9.17) is 0 Å². The molecule has 0 saturated heterocycles. The van der Waals surface area contributed by atoms with Gasteiger partial charge in [0.25, 0.3) is 0 Å². The first kappa shape index (κ1) is 16.0. The van der Waals surface area contributed by atoms with Gasteiger partial charge in [0.15, 0.2) is 0 Å². The average molecular weight is 318 g/mol. The second kappa shape index (κ2) is 6.30. The van der Waals surface area contributed by atoms with Gasteiger partial charge in [0.2, 0.25) is 11.8 Å². The molecule has 0 radical (unpaired) electrons. The molecule has 2 saturated carbocycles. The van der Waals surface area contributed by atoms with Gasteiger partial charge in [-0.05, 0) is 56.2 Å². The molecule has 3 rings (SSSR count). The number of halogens is 1. The number of rotatable bonds is 4. The van der Waals surface area contributed by atoms with Gasteiger partial charge < -0.3 is 10.6 Å². The third kappa shape index (κ3) is 3.23. The highest BCUT2D eigenvalue weighted by atomic mass is 19.1. The predicted octanol–water partition coefficient (Wildman–Crippen LogP) is 2.28.